The molecule has 6 nitrogen and oxygen atoms in total. The number of fused-ring (bicyclic) bond motifs is 1. The fraction of sp³-hybridized carbons (Fsp3) is 0.292. The normalized spacial score (nSPS) is 11.4. The average Bonchev–Trinajstić information content (AvgIpc) is 2.77. The number of aryl methyl sites for hydroxylation is 2. The lowest BCUT2D eigenvalue weighted by Gasteiger charge is -2.16. The van der Waals surface area contributed by atoms with Crippen molar-refractivity contribution in [1.29, 1.82) is 0 Å². The van der Waals surface area contributed by atoms with Gasteiger partial charge in [0.25, 0.3) is 10.0 Å². The molecule has 0 saturated carbocycles. The van der Waals surface area contributed by atoms with Crippen molar-refractivity contribution in [3.05, 3.63) is 71.8 Å². The first-order chi connectivity index (χ1) is 14.9. The molecule has 0 aliphatic heterocycles. The molecule has 0 unspecified atom stereocenters. The van der Waals surface area contributed by atoms with Crippen molar-refractivity contribution >= 4 is 32.4 Å². The number of rotatable bonds is 10. The Morgan fingerprint density at radius 3 is 2.35 bits per heavy atom. The van der Waals surface area contributed by atoms with E-state index in [0.717, 1.165) is 47.6 Å². The van der Waals surface area contributed by atoms with E-state index in [1.165, 1.54) is 0 Å². The van der Waals surface area contributed by atoms with Gasteiger partial charge in [0.05, 0.1) is 10.6 Å². The summed E-state index contributed by atoms with van der Waals surface area (Å²) in [5.74, 6) is -0.373. The van der Waals surface area contributed by atoms with E-state index in [1.807, 2.05) is 43.3 Å². The monoisotopic (exact) mass is 440 g/mol. The summed E-state index contributed by atoms with van der Waals surface area (Å²) >= 11 is 0. The molecule has 0 atom stereocenters. The summed E-state index contributed by atoms with van der Waals surface area (Å²) in [6.07, 6.45) is 4.38. The van der Waals surface area contributed by atoms with Crippen LogP contribution in [0.4, 0.5) is 5.69 Å². The highest BCUT2D eigenvalue weighted by atomic mass is 32.2. The molecule has 3 rings (SSSR count). The molecule has 0 aliphatic rings. The van der Waals surface area contributed by atoms with Crippen molar-refractivity contribution in [2.75, 3.05) is 4.72 Å². The molecule has 0 aromatic heterocycles. The largest absolute Gasteiger partial charge is 0.289 e. The van der Waals surface area contributed by atoms with Gasteiger partial charge in [0.1, 0.15) is 0 Å². The standard InChI is InChI=1S/C24H28N2O4S/c1-18-12-16-21(17-13-18)31(29,30)26-24-20(9-4-2-3-5-11-23(27)25-28)15-14-19-8-6-7-10-22(19)24/h6-8,10,12-17,26,28H,2-5,9,11H2,1H3,(H,25,27). The Kier molecular flexibility index (Phi) is 7.65. The van der Waals surface area contributed by atoms with E-state index in [4.69, 9.17) is 5.21 Å². The third-order valence-corrected chi connectivity index (χ3v) is 6.67. The fourth-order valence-electron chi connectivity index (χ4n) is 3.57. The van der Waals surface area contributed by atoms with E-state index in [-0.39, 0.29) is 10.8 Å². The van der Waals surface area contributed by atoms with Crippen LogP contribution in [0.25, 0.3) is 10.8 Å². The average molecular weight is 441 g/mol. The molecule has 0 bridgehead atoms. The first-order valence-corrected chi connectivity index (χ1v) is 11.9. The lowest BCUT2D eigenvalue weighted by Crippen LogP contribution is -2.17. The zero-order valence-corrected chi connectivity index (χ0v) is 18.4. The van der Waals surface area contributed by atoms with Crippen LogP contribution in [0.3, 0.4) is 0 Å². The molecule has 0 fully saturated rings. The number of sulfonamides is 1. The molecule has 0 saturated heterocycles. The number of amides is 1. The number of carbonyl (C=O) groups excluding carboxylic acids is 1. The number of carbonyl (C=O) groups is 1. The minimum atomic E-state index is -3.71. The second kappa shape index (κ2) is 10.4. The third kappa shape index (κ3) is 6.06. The fourth-order valence-corrected chi connectivity index (χ4v) is 4.69. The van der Waals surface area contributed by atoms with Crippen LogP contribution in [0.1, 0.15) is 43.2 Å². The van der Waals surface area contributed by atoms with Crippen LogP contribution < -0.4 is 10.2 Å². The number of benzene rings is 3. The molecule has 1 amide bonds. The number of unbranched alkanes of at least 4 members (excludes halogenated alkanes) is 3. The van der Waals surface area contributed by atoms with E-state index < -0.39 is 10.0 Å². The van der Waals surface area contributed by atoms with E-state index in [1.54, 1.807) is 29.7 Å². The summed E-state index contributed by atoms with van der Waals surface area (Å²) in [5.41, 5.74) is 4.21. The Morgan fingerprint density at radius 2 is 1.61 bits per heavy atom. The van der Waals surface area contributed by atoms with Gasteiger partial charge in [-0.05, 0) is 49.3 Å². The number of anilines is 1. The third-order valence-electron chi connectivity index (χ3n) is 5.31. The summed E-state index contributed by atoms with van der Waals surface area (Å²) in [6.45, 7) is 1.92. The smallest absolute Gasteiger partial charge is 0.261 e. The zero-order chi connectivity index (χ0) is 22.3. The molecular weight excluding hydrogens is 412 g/mol. The summed E-state index contributed by atoms with van der Waals surface area (Å²) in [4.78, 5) is 11.3. The maximum Gasteiger partial charge on any atom is 0.261 e. The predicted octanol–water partition coefficient (Wildman–Crippen LogP) is 4.95. The molecule has 3 aromatic rings. The van der Waals surface area contributed by atoms with Crippen molar-refractivity contribution in [2.24, 2.45) is 0 Å². The van der Waals surface area contributed by atoms with Gasteiger partial charge in [-0.1, -0.05) is 66.9 Å². The van der Waals surface area contributed by atoms with Gasteiger partial charge in [-0.15, -0.1) is 0 Å². The van der Waals surface area contributed by atoms with Crippen LogP contribution in [0, 0.1) is 6.92 Å². The summed E-state index contributed by atoms with van der Waals surface area (Å²) < 4.78 is 28.9. The minimum absolute atomic E-state index is 0.235. The van der Waals surface area contributed by atoms with Crippen LogP contribution >= 0.6 is 0 Å². The van der Waals surface area contributed by atoms with E-state index in [9.17, 15) is 13.2 Å². The lowest BCUT2D eigenvalue weighted by molar-refractivity contribution is -0.129. The van der Waals surface area contributed by atoms with Crippen LogP contribution in [0.15, 0.2) is 65.6 Å². The van der Waals surface area contributed by atoms with Gasteiger partial charge in [-0.25, -0.2) is 13.9 Å². The Bertz CT molecular complexity index is 1140. The van der Waals surface area contributed by atoms with Crippen LogP contribution in [-0.4, -0.2) is 19.5 Å². The van der Waals surface area contributed by atoms with Crippen molar-refractivity contribution < 1.29 is 18.4 Å². The molecule has 3 aromatic carbocycles. The van der Waals surface area contributed by atoms with E-state index in [0.29, 0.717) is 18.5 Å². The second-order valence-electron chi connectivity index (χ2n) is 7.69. The highest BCUT2D eigenvalue weighted by Crippen LogP contribution is 2.31. The maximum absolute atomic E-state index is 13.0. The molecular formula is C24H28N2O4S. The first-order valence-electron chi connectivity index (χ1n) is 10.4. The zero-order valence-electron chi connectivity index (χ0n) is 17.6. The molecule has 7 heteroatoms. The molecule has 3 N–H and O–H groups in total. The minimum Gasteiger partial charge on any atom is -0.289 e. The number of nitrogens with one attached hydrogen (secondary N) is 2. The summed E-state index contributed by atoms with van der Waals surface area (Å²) in [7, 11) is -3.71. The Balaban J connectivity index is 1.78. The predicted molar refractivity (Wildman–Crippen MR) is 123 cm³/mol. The lowest BCUT2D eigenvalue weighted by atomic mass is 9.99. The van der Waals surface area contributed by atoms with Crippen molar-refractivity contribution in [2.45, 2.75) is 50.3 Å². The SMILES string of the molecule is Cc1ccc(S(=O)(=O)Nc2c(CCCCCCC(=O)NO)ccc3ccccc23)cc1. The molecule has 0 heterocycles. The van der Waals surface area contributed by atoms with E-state index >= 15 is 0 Å². The van der Waals surface area contributed by atoms with Crippen molar-refractivity contribution in [3.8, 4) is 0 Å². The van der Waals surface area contributed by atoms with Gasteiger partial charge in [0.2, 0.25) is 5.91 Å². The second-order valence-corrected chi connectivity index (χ2v) is 9.37. The number of hydrogen-bond donors (Lipinski definition) is 3. The summed E-state index contributed by atoms with van der Waals surface area (Å²) in [6, 6.07) is 18.5. The molecule has 0 radical (unpaired) electrons. The highest BCUT2D eigenvalue weighted by Gasteiger charge is 2.18. The van der Waals surface area contributed by atoms with Crippen molar-refractivity contribution in [3.63, 3.8) is 0 Å². The van der Waals surface area contributed by atoms with E-state index in [2.05, 4.69) is 4.72 Å². The molecule has 0 spiro atoms. The Hall–Kier alpha value is -2.90. The van der Waals surface area contributed by atoms with Gasteiger partial charge >= 0.3 is 0 Å². The van der Waals surface area contributed by atoms with Crippen LogP contribution in [0.2, 0.25) is 0 Å². The first kappa shape index (κ1) is 22.8. The molecule has 164 valence electrons. The topological polar surface area (TPSA) is 95.5 Å². The van der Waals surface area contributed by atoms with Gasteiger partial charge in [0, 0.05) is 11.8 Å². The summed E-state index contributed by atoms with van der Waals surface area (Å²) in [5, 5.41) is 10.4. The molecule has 31 heavy (non-hydrogen) atoms. The number of hydroxylamine groups is 1. The quantitative estimate of drug-likeness (QED) is 0.236. The Labute approximate surface area is 183 Å². The van der Waals surface area contributed by atoms with Gasteiger partial charge in [-0.3, -0.25) is 14.7 Å². The van der Waals surface area contributed by atoms with Gasteiger partial charge in [-0.2, -0.15) is 0 Å². The van der Waals surface area contributed by atoms with Gasteiger partial charge < -0.3 is 0 Å². The maximum atomic E-state index is 13.0. The molecule has 0 aliphatic carbocycles. The van der Waals surface area contributed by atoms with Crippen LogP contribution in [0.5, 0.6) is 0 Å². The number of hydrogen-bond acceptors (Lipinski definition) is 4. The van der Waals surface area contributed by atoms with Crippen LogP contribution in [-0.2, 0) is 21.2 Å². The van der Waals surface area contributed by atoms with Gasteiger partial charge in [0.15, 0.2) is 0 Å². The Morgan fingerprint density at radius 1 is 0.903 bits per heavy atom. The van der Waals surface area contributed by atoms with Crippen molar-refractivity contribution in [1.82, 2.24) is 5.48 Å². The highest BCUT2D eigenvalue weighted by molar-refractivity contribution is 7.92.